The lowest BCUT2D eigenvalue weighted by molar-refractivity contribution is -0.127. The standard InChI is InChI=1S/C26H33N5O2/c1-4-21(32)30-11-8-17(9-12-30)20-7-10-28-26-23(25(27)33)24(29-31(20)26)19-13-15(2)22(16(3)14-19)18-5-6-18/h4,13-14,17-18,20,28H,1,5-12H2,2-3H3,(H2,27,33). The number of nitrogens with one attached hydrogen (secondary N) is 1. The number of nitrogens with zero attached hydrogens (tertiary/aromatic N) is 3. The van der Waals surface area contributed by atoms with Gasteiger partial charge in [0, 0.05) is 25.2 Å². The molecule has 1 aromatic heterocycles. The number of piperidine rings is 1. The molecule has 5 rings (SSSR count). The number of amides is 2. The first-order valence-electron chi connectivity index (χ1n) is 12.1. The van der Waals surface area contributed by atoms with E-state index in [0.717, 1.165) is 50.3 Å². The summed E-state index contributed by atoms with van der Waals surface area (Å²) in [6.45, 7) is 10.2. The number of nitrogens with two attached hydrogens (primary N) is 1. The van der Waals surface area contributed by atoms with Crippen molar-refractivity contribution in [2.45, 2.75) is 57.9 Å². The summed E-state index contributed by atoms with van der Waals surface area (Å²) in [5.41, 5.74) is 12.0. The van der Waals surface area contributed by atoms with Crippen LogP contribution in [-0.4, -0.2) is 46.1 Å². The summed E-state index contributed by atoms with van der Waals surface area (Å²) in [4.78, 5) is 26.4. The Hall–Kier alpha value is -3.09. The van der Waals surface area contributed by atoms with Gasteiger partial charge in [0.2, 0.25) is 5.91 Å². The maximum absolute atomic E-state index is 12.6. The van der Waals surface area contributed by atoms with E-state index in [-0.39, 0.29) is 11.9 Å². The fourth-order valence-electron chi connectivity index (χ4n) is 5.94. The lowest BCUT2D eigenvalue weighted by Gasteiger charge is -2.38. The number of aryl methyl sites for hydroxylation is 2. The summed E-state index contributed by atoms with van der Waals surface area (Å²) in [6.07, 6.45) is 6.67. The molecule has 2 amide bonds. The minimum Gasteiger partial charge on any atom is -0.370 e. The van der Waals surface area contributed by atoms with Gasteiger partial charge in [-0.3, -0.25) is 9.59 Å². The first-order chi connectivity index (χ1) is 15.9. The molecule has 2 aromatic rings. The first-order valence-corrected chi connectivity index (χ1v) is 12.1. The molecular weight excluding hydrogens is 414 g/mol. The van der Waals surface area contributed by atoms with Gasteiger partial charge in [0.25, 0.3) is 5.91 Å². The highest BCUT2D eigenvalue weighted by atomic mass is 16.2. The lowest BCUT2D eigenvalue weighted by Crippen LogP contribution is -2.41. The molecule has 3 N–H and O–H groups in total. The topological polar surface area (TPSA) is 93.2 Å². The molecule has 7 heteroatoms. The third-order valence-electron chi connectivity index (χ3n) is 7.63. The van der Waals surface area contributed by atoms with Crippen LogP contribution in [0.4, 0.5) is 5.82 Å². The number of fused-ring (bicyclic) bond motifs is 1. The van der Waals surface area contributed by atoms with Crippen molar-refractivity contribution in [2.24, 2.45) is 11.7 Å². The second-order valence-corrected chi connectivity index (χ2v) is 9.83. The van der Waals surface area contributed by atoms with E-state index in [2.05, 4.69) is 37.9 Å². The van der Waals surface area contributed by atoms with Crippen LogP contribution < -0.4 is 11.1 Å². The van der Waals surface area contributed by atoms with Crippen molar-refractivity contribution in [3.05, 3.63) is 47.0 Å². The summed E-state index contributed by atoms with van der Waals surface area (Å²) in [6, 6.07) is 4.51. The van der Waals surface area contributed by atoms with E-state index in [1.807, 2.05) is 9.58 Å². The largest absolute Gasteiger partial charge is 0.370 e. The van der Waals surface area contributed by atoms with Gasteiger partial charge in [-0.1, -0.05) is 6.58 Å². The van der Waals surface area contributed by atoms with E-state index < -0.39 is 5.91 Å². The molecule has 1 aromatic carbocycles. The monoisotopic (exact) mass is 447 g/mol. The smallest absolute Gasteiger partial charge is 0.254 e. The zero-order valence-corrected chi connectivity index (χ0v) is 19.6. The predicted molar refractivity (Wildman–Crippen MR) is 129 cm³/mol. The van der Waals surface area contributed by atoms with Crippen LogP contribution in [0.25, 0.3) is 11.3 Å². The summed E-state index contributed by atoms with van der Waals surface area (Å²) in [5, 5.41) is 8.40. The second-order valence-electron chi connectivity index (χ2n) is 9.83. The number of likely N-dealkylation sites (tertiary alicyclic amines) is 1. The van der Waals surface area contributed by atoms with Gasteiger partial charge in [-0.05, 0) is 92.7 Å². The number of carbonyl (C=O) groups is 2. The van der Waals surface area contributed by atoms with E-state index >= 15 is 0 Å². The Balaban J connectivity index is 1.50. The van der Waals surface area contributed by atoms with Crippen LogP contribution in [-0.2, 0) is 4.79 Å². The highest BCUT2D eigenvalue weighted by Crippen LogP contribution is 2.45. The molecule has 1 aliphatic carbocycles. The normalized spacial score (nSPS) is 20.8. The fourth-order valence-corrected chi connectivity index (χ4v) is 5.94. The first kappa shape index (κ1) is 21.7. The third kappa shape index (κ3) is 3.83. The summed E-state index contributed by atoms with van der Waals surface area (Å²) >= 11 is 0. The third-order valence-corrected chi connectivity index (χ3v) is 7.63. The van der Waals surface area contributed by atoms with Gasteiger partial charge in [0.15, 0.2) is 0 Å². The SMILES string of the molecule is C=CC(=O)N1CCC(C2CCNc3c(C(N)=O)c(-c4cc(C)c(C5CC5)c(C)c4)nn32)CC1. The van der Waals surface area contributed by atoms with E-state index in [4.69, 9.17) is 10.8 Å². The minimum atomic E-state index is -0.452. The number of anilines is 1. The maximum Gasteiger partial charge on any atom is 0.254 e. The molecule has 1 unspecified atom stereocenters. The summed E-state index contributed by atoms with van der Waals surface area (Å²) in [7, 11) is 0. The van der Waals surface area contributed by atoms with Crippen LogP contribution in [0.1, 0.15) is 71.1 Å². The van der Waals surface area contributed by atoms with Crippen molar-refractivity contribution in [1.29, 1.82) is 0 Å². The highest BCUT2D eigenvalue weighted by Gasteiger charge is 2.36. The molecule has 1 saturated heterocycles. The van der Waals surface area contributed by atoms with Crippen molar-refractivity contribution >= 4 is 17.6 Å². The Labute approximate surface area is 195 Å². The van der Waals surface area contributed by atoms with E-state index in [1.165, 1.54) is 35.6 Å². The number of carbonyl (C=O) groups excluding carboxylic acids is 2. The Morgan fingerprint density at radius 3 is 2.36 bits per heavy atom. The number of hydrogen-bond donors (Lipinski definition) is 2. The number of aromatic nitrogens is 2. The van der Waals surface area contributed by atoms with Crippen LogP contribution in [0.5, 0.6) is 0 Å². The van der Waals surface area contributed by atoms with Gasteiger partial charge in [0.05, 0.1) is 6.04 Å². The molecule has 0 bridgehead atoms. The number of primary amides is 1. The lowest BCUT2D eigenvalue weighted by atomic mass is 9.87. The molecular formula is C26H33N5O2. The Morgan fingerprint density at radius 2 is 1.79 bits per heavy atom. The average molecular weight is 448 g/mol. The van der Waals surface area contributed by atoms with Crippen LogP contribution in [0.15, 0.2) is 24.8 Å². The molecule has 0 spiro atoms. The van der Waals surface area contributed by atoms with E-state index in [0.29, 0.717) is 23.1 Å². The zero-order chi connectivity index (χ0) is 23.3. The molecule has 174 valence electrons. The molecule has 2 fully saturated rings. The Bertz CT molecular complexity index is 1100. The fraction of sp³-hybridized carbons (Fsp3) is 0.500. The maximum atomic E-state index is 12.6. The zero-order valence-electron chi connectivity index (χ0n) is 19.6. The Morgan fingerprint density at radius 1 is 1.12 bits per heavy atom. The van der Waals surface area contributed by atoms with Crippen LogP contribution in [0.3, 0.4) is 0 Å². The van der Waals surface area contributed by atoms with Crippen LogP contribution in [0.2, 0.25) is 0 Å². The number of rotatable bonds is 5. The van der Waals surface area contributed by atoms with Crippen molar-refractivity contribution in [3.8, 4) is 11.3 Å². The number of benzene rings is 1. The molecule has 3 aliphatic rings. The molecule has 1 saturated carbocycles. The van der Waals surface area contributed by atoms with Gasteiger partial charge in [-0.15, -0.1) is 0 Å². The van der Waals surface area contributed by atoms with E-state index in [1.54, 1.807) is 0 Å². The average Bonchev–Trinajstić information content (AvgIpc) is 3.55. The Kier molecular flexibility index (Phi) is 5.51. The van der Waals surface area contributed by atoms with Gasteiger partial charge >= 0.3 is 0 Å². The molecule has 1 atom stereocenters. The quantitative estimate of drug-likeness (QED) is 0.680. The van der Waals surface area contributed by atoms with Crippen molar-refractivity contribution in [3.63, 3.8) is 0 Å². The number of hydrogen-bond acceptors (Lipinski definition) is 4. The molecule has 2 aliphatic heterocycles. The van der Waals surface area contributed by atoms with Crippen molar-refractivity contribution in [1.82, 2.24) is 14.7 Å². The summed E-state index contributed by atoms with van der Waals surface area (Å²) in [5.74, 6) is 1.35. The summed E-state index contributed by atoms with van der Waals surface area (Å²) < 4.78 is 2.01. The van der Waals surface area contributed by atoms with Gasteiger partial charge < -0.3 is 16.0 Å². The van der Waals surface area contributed by atoms with Crippen LogP contribution in [0, 0.1) is 19.8 Å². The van der Waals surface area contributed by atoms with Gasteiger partial charge in [-0.2, -0.15) is 5.10 Å². The van der Waals surface area contributed by atoms with Gasteiger partial charge in [-0.25, -0.2) is 4.68 Å². The predicted octanol–water partition coefficient (Wildman–Crippen LogP) is 3.92. The second kappa shape index (κ2) is 8.36. The van der Waals surface area contributed by atoms with Gasteiger partial charge in [0.1, 0.15) is 17.1 Å². The van der Waals surface area contributed by atoms with E-state index in [9.17, 15) is 9.59 Å². The van der Waals surface area contributed by atoms with Crippen molar-refractivity contribution in [2.75, 3.05) is 25.0 Å². The highest BCUT2D eigenvalue weighted by molar-refractivity contribution is 6.04. The van der Waals surface area contributed by atoms with Crippen molar-refractivity contribution < 1.29 is 9.59 Å². The minimum absolute atomic E-state index is 0.00257. The molecule has 7 nitrogen and oxygen atoms in total. The molecule has 0 radical (unpaired) electrons. The van der Waals surface area contributed by atoms with Crippen LogP contribution >= 0.6 is 0 Å². The molecule has 33 heavy (non-hydrogen) atoms. The molecule has 3 heterocycles.